The van der Waals surface area contributed by atoms with Crippen molar-refractivity contribution >= 4 is 34.6 Å². The molecule has 0 bridgehead atoms. The summed E-state index contributed by atoms with van der Waals surface area (Å²) in [5, 5.41) is 17.8. The Morgan fingerprint density at radius 3 is 2.64 bits per heavy atom. The first-order valence-corrected chi connectivity index (χ1v) is 7.18. The zero-order valence-corrected chi connectivity index (χ0v) is 13.0. The molecule has 1 aromatic heterocycles. The van der Waals surface area contributed by atoms with Gasteiger partial charge in [0, 0.05) is 6.04 Å². The van der Waals surface area contributed by atoms with Gasteiger partial charge in [-0.2, -0.15) is 0 Å². The number of anilines is 3. The van der Waals surface area contributed by atoms with Crippen molar-refractivity contribution in [2.45, 2.75) is 26.3 Å². The van der Waals surface area contributed by atoms with E-state index in [9.17, 15) is 10.1 Å². The minimum atomic E-state index is -0.510. The van der Waals surface area contributed by atoms with Gasteiger partial charge in [0.1, 0.15) is 6.33 Å². The maximum atomic E-state index is 11.4. The van der Waals surface area contributed by atoms with Crippen molar-refractivity contribution in [2.75, 3.05) is 10.6 Å². The van der Waals surface area contributed by atoms with Crippen LogP contribution in [-0.2, 0) is 0 Å². The van der Waals surface area contributed by atoms with Crippen LogP contribution in [0.2, 0.25) is 5.02 Å². The third-order valence-corrected chi connectivity index (χ3v) is 3.46. The molecule has 0 aliphatic carbocycles. The van der Waals surface area contributed by atoms with E-state index in [1.54, 1.807) is 24.3 Å². The monoisotopic (exact) mass is 321 g/mol. The standard InChI is InChI=1S/C14H16ClN5O2/c1-3-9(2)18-13-12(20(21)22)14(17-8-16-13)19-11-7-5-4-6-10(11)15/h4-9H,3H2,1-2H3,(H2,16,17,18,19). The molecule has 2 aromatic rings. The normalized spacial score (nSPS) is 11.8. The number of nitrogens with zero attached hydrogens (tertiary/aromatic N) is 3. The minimum Gasteiger partial charge on any atom is -0.362 e. The van der Waals surface area contributed by atoms with Crippen LogP contribution in [0.1, 0.15) is 20.3 Å². The molecule has 0 fully saturated rings. The van der Waals surface area contributed by atoms with Crippen LogP contribution in [-0.4, -0.2) is 20.9 Å². The van der Waals surface area contributed by atoms with Crippen LogP contribution in [0.15, 0.2) is 30.6 Å². The van der Waals surface area contributed by atoms with Gasteiger partial charge in [0.05, 0.1) is 15.6 Å². The highest BCUT2D eigenvalue weighted by atomic mass is 35.5. The predicted molar refractivity (Wildman–Crippen MR) is 86.8 cm³/mol. The molecule has 1 heterocycles. The summed E-state index contributed by atoms with van der Waals surface area (Å²) in [6.07, 6.45) is 2.09. The lowest BCUT2D eigenvalue weighted by Crippen LogP contribution is -2.16. The maximum absolute atomic E-state index is 11.4. The number of para-hydroxylation sites is 1. The molecule has 1 unspecified atom stereocenters. The summed E-state index contributed by atoms with van der Waals surface area (Å²) in [5.41, 5.74) is 0.336. The molecule has 2 rings (SSSR count). The average Bonchev–Trinajstić information content (AvgIpc) is 2.49. The van der Waals surface area contributed by atoms with E-state index in [0.29, 0.717) is 10.7 Å². The van der Waals surface area contributed by atoms with Crippen LogP contribution in [0.25, 0.3) is 0 Å². The molecule has 1 aromatic carbocycles. The van der Waals surface area contributed by atoms with Crippen LogP contribution in [0.4, 0.5) is 23.0 Å². The van der Waals surface area contributed by atoms with E-state index in [2.05, 4.69) is 20.6 Å². The fourth-order valence-corrected chi connectivity index (χ4v) is 1.96. The highest BCUT2D eigenvalue weighted by Gasteiger charge is 2.24. The fourth-order valence-electron chi connectivity index (χ4n) is 1.77. The first kappa shape index (κ1) is 16.0. The predicted octanol–water partition coefficient (Wildman–Crippen LogP) is 3.99. The largest absolute Gasteiger partial charge is 0.362 e. The number of hydrogen-bond donors (Lipinski definition) is 2. The first-order valence-electron chi connectivity index (χ1n) is 6.80. The van der Waals surface area contributed by atoms with Crippen molar-refractivity contribution in [1.82, 2.24) is 9.97 Å². The Morgan fingerprint density at radius 2 is 2.00 bits per heavy atom. The molecule has 8 heteroatoms. The summed E-state index contributed by atoms with van der Waals surface area (Å²) >= 11 is 6.06. The van der Waals surface area contributed by atoms with E-state index in [1.165, 1.54) is 6.33 Å². The second-order valence-electron chi connectivity index (χ2n) is 4.74. The van der Waals surface area contributed by atoms with Gasteiger partial charge in [0.25, 0.3) is 0 Å². The zero-order chi connectivity index (χ0) is 16.1. The molecule has 0 saturated heterocycles. The Labute approximate surface area is 132 Å². The number of benzene rings is 1. The number of nitro groups is 1. The van der Waals surface area contributed by atoms with Crippen LogP contribution in [0.5, 0.6) is 0 Å². The summed E-state index contributed by atoms with van der Waals surface area (Å²) in [6.45, 7) is 3.90. The molecule has 0 aliphatic heterocycles. The zero-order valence-electron chi connectivity index (χ0n) is 12.2. The van der Waals surface area contributed by atoms with Gasteiger partial charge in [-0.15, -0.1) is 0 Å². The average molecular weight is 322 g/mol. The Hall–Kier alpha value is -2.41. The lowest BCUT2D eigenvalue weighted by Gasteiger charge is -2.14. The lowest BCUT2D eigenvalue weighted by molar-refractivity contribution is -0.383. The van der Waals surface area contributed by atoms with Crippen molar-refractivity contribution in [1.29, 1.82) is 0 Å². The molecule has 0 saturated carbocycles. The van der Waals surface area contributed by atoms with Gasteiger partial charge in [-0.1, -0.05) is 30.7 Å². The molecule has 1 atom stereocenters. The van der Waals surface area contributed by atoms with Crippen molar-refractivity contribution in [3.05, 3.63) is 45.7 Å². The molecule has 0 radical (unpaired) electrons. The SMILES string of the molecule is CCC(C)Nc1ncnc(Nc2ccccc2Cl)c1[N+](=O)[O-]. The second-order valence-corrected chi connectivity index (χ2v) is 5.14. The molecule has 0 spiro atoms. The second kappa shape index (κ2) is 7.04. The molecule has 116 valence electrons. The highest BCUT2D eigenvalue weighted by molar-refractivity contribution is 6.33. The van der Waals surface area contributed by atoms with Crippen LogP contribution in [0.3, 0.4) is 0 Å². The third kappa shape index (κ3) is 3.62. The van der Waals surface area contributed by atoms with Crippen molar-refractivity contribution in [3.8, 4) is 0 Å². The van der Waals surface area contributed by atoms with Crippen molar-refractivity contribution in [2.24, 2.45) is 0 Å². The van der Waals surface area contributed by atoms with Crippen LogP contribution < -0.4 is 10.6 Å². The van der Waals surface area contributed by atoms with Gasteiger partial charge in [-0.3, -0.25) is 10.1 Å². The van der Waals surface area contributed by atoms with Gasteiger partial charge < -0.3 is 10.6 Å². The van der Waals surface area contributed by atoms with E-state index in [1.807, 2.05) is 13.8 Å². The smallest absolute Gasteiger partial charge is 0.353 e. The summed E-state index contributed by atoms with van der Waals surface area (Å²) in [6, 6.07) is 7.02. The van der Waals surface area contributed by atoms with E-state index < -0.39 is 4.92 Å². The van der Waals surface area contributed by atoms with E-state index in [4.69, 9.17) is 11.6 Å². The quantitative estimate of drug-likeness (QED) is 0.617. The van der Waals surface area contributed by atoms with Crippen molar-refractivity contribution < 1.29 is 4.92 Å². The van der Waals surface area contributed by atoms with Crippen molar-refractivity contribution in [3.63, 3.8) is 0 Å². The third-order valence-electron chi connectivity index (χ3n) is 3.13. The molecule has 22 heavy (non-hydrogen) atoms. The Bertz CT molecular complexity index is 680. The Kier molecular flexibility index (Phi) is 5.11. The van der Waals surface area contributed by atoms with Crippen LogP contribution in [0, 0.1) is 10.1 Å². The molecule has 2 N–H and O–H groups in total. The maximum Gasteiger partial charge on any atom is 0.353 e. The summed E-state index contributed by atoms with van der Waals surface area (Å²) in [7, 11) is 0. The van der Waals surface area contributed by atoms with Gasteiger partial charge >= 0.3 is 5.69 Å². The molecule has 0 aliphatic rings. The molecule has 7 nitrogen and oxygen atoms in total. The molecular weight excluding hydrogens is 306 g/mol. The number of nitrogens with one attached hydrogen (secondary N) is 2. The van der Waals surface area contributed by atoms with E-state index in [-0.39, 0.29) is 23.4 Å². The summed E-state index contributed by atoms with van der Waals surface area (Å²) < 4.78 is 0. The van der Waals surface area contributed by atoms with E-state index in [0.717, 1.165) is 6.42 Å². The van der Waals surface area contributed by atoms with Gasteiger partial charge in [-0.25, -0.2) is 9.97 Å². The van der Waals surface area contributed by atoms with Gasteiger partial charge in [-0.05, 0) is 25.5 Å². The van der Waals surface area contributed by atoms with Gasteiger partial charge in [0.2, 0.25) is 11.6 Å². The van der Waals surface area contributed by atoms with Gasteiger partial charge in [0.15, 0.2) is 0 Å². The molecular formula is C14H16ClN5O2. The first-order chi connectivity index (χ1) is 10.5. The van der Waals surface area contributed by atoms with E-state index >= 15 is 0 Å². The number of rotatable bonds is 6. The Balaban J connectivity index is 2.41. The summed E-state index contributed by atoms with van der Waals surface area (Å²) in [4.78, 5) is 18.8. The van der Waals surface area contributed by atoms with Crippen LogP contribution >= 0.6 is 11.6 Å². The topological polar surface area (TPSA) is 93.0 Å². The minimum absolute atomic E-state index is 0.0572. The number of hydrogen-bond acceptors (Lipinski definition) is 6. The fraction of sp³-hybridized carbons (Fsp3) is 0.286. The molecule has 0 amide bonds. The Morgan fingerprint density at radius 1 is 1.32 bits per heavy atom. The summed E-state index contributed by atoms with van der Waals surface area (Å²) in [5.74, 6) is 0.280. The lowest BCUT2D eigenvalue weighted by atomic mass is 10.2. The highest BCUT2D eigenvalue weighted by Crippen LogP contribution is 2.33. The number of halogens is 1. The number of aromatic nitrogens is 2.